The number of nitrogens with two attached hydrogens (primary N) is 1. The lowest BCUT2D eigenvalue weighted by molar-refractivity contribution is -0.120. The van der Waals surface area contributed by atoms with Gasteiger partial charge in [-0.1, -0.05) is 19.9 Å². The molecular formula is C13H21N3O3S. The average molecular weight is 299 g/mol. The average Bonchev–Trinajstić information content (AvgIpc) is 2.44. The van der Waals surface area contributed by atoms with Crippen molar-refractivity contribution in [3.63, 3.8) is 0 Å². The largest absolute Gasteiger partial charge is 0.399 e. The van der Waals surface area contributed by atoms with Crippen LogP contribution in [0.1, 0.15) is 19.4 Å². The van der Waals surface area contributed by atoms with Gasteiger partial charge >= 0.3 is 0 Å². The number of nitrogens with one attached hydrogen (secondary N) is 1. The van der Waals surface area contributed by atoms with Crippen molar-refractivity contribution < 1.29 is 13.2 Å². The highest BCUT2D eigenvalue weighted by molar-refractivity contribution is 7.89. The van der Waals surface area contributed by atoms with E-state index in [1.807, 2.05) is 6.92 Å². The van der Waals surface area contributed by atoms with Gasteiger partial charge in [0.15, 0.2) is 0 Å². The molecule has 0 aliphatic heterocycles. The van der Waals surface area contributed by atoms with Gasteiger partial charge in [0.05, 0.1) is 11.4 Å². The fraction of sp³-hybridized carbons (Fsp3) is 0.462. The SMILES string of the molecule is CCc1ccc(N)cc1S(=O)(=O)N(CC)CC(=O)NC. The molecule has 20 heavy (non-hydrogen) atoms. The van der Waals surface area contributed by atoms with E-state index in [1.165, 1.54) is 13.1 Å². The van der Waals surface area contributed by atoms with Crippen molar-refractivity contribution in [1.82, 2.24) is 9.62 Å². The summed E-state index contributed by atoms with van der Waals surface area (Å²) in [7, 11) is -2.26. The number of sulfonamides is 1. The number of aryl methyl sites for hydroxylation is 1. The summed E-state index contributed by atoms with van der Waals surface area (Å²) >= 11 is 0. The number of nitrogen functional groups attached to an aromatic ring is 1. The molecule has 1 aromatic carbocycles. The monoisotopic (exact) mass is 299 g/mol. The highest BCUT2D eigenvalue weighted by Gasteiger charge is 2.27. The van der Waals surface area contributed by atoms with E-state index in [2.05, 4.69) is 5.32 Å². The molecule has 3 N–H and O–H groups in total. The summed E-state index contributed by atoms with van der Waals surface area (Å²) in [5, 5.41) is 2.42. The molecule has 0 radical (unpaired) electrons. The van der Waals surface area contributed by atoms with Crippen LogP contribution in [0, 0.1) is 0 Å². The van der Waals surface area contributed by atoms with Gasteiger partial charge in [-0.3, -0.25) is 4.79 Å². The second kappa shape index (κ2) is 6.71. The predicted octanol–water partition coefficient (Wildman–Crippen LogP) is 0.588. The van der Waals surface area contributed by atoms with Crippen LogP contribution in [0.15, 0.2) is 23.1 Å². The molecular weight excluding hydrogens is 278 g/mol. The number of likely N-dealkylation sites (N-methyl/N-ethyl adjacent to an activating group) is 2. The standard InChI is InChI=1S/C13H21N3O3S/c1-4-10-6-7-11(14)8-12(10)20(18,19)16(5-2)9-13(17)15-3/h6-8H,4-5,9,14H2,1-3H3,(H,15,17). The molecule has 0 spiro atoms. The summed E-state index contributed by atoms with van der Waals surface area (Å²) in [6, 6.07) is 4.82. The lowest BCUT2D eigenvalue weighted by Crippen LogP contribution is -2.39. The quantitative estimate of drug-likeness (QED) is 0.752. The molecule has 0 saturated carbocycles. The lowest BCUT2D eigenvalue weighted by atomic mass is 10.1. The fourth-order valence-electron chi connectivity index (χ4n) is 1.85. The first kappa shape index (κ1) is 16.5. The number of hydrogen-bond donors (Lipinski definition) is 2. The van der Waals surface area contributed by atoms with Crippen LogP contribution in [0.4, 0.5) is 5.69 Å². The first-order valence-electron chi connectivity index (χ1n) is 6.45. The molecule has 0 atom stereocenters. The Hall–Kier alpha value is -1.60. The van der Waals surface area contributed by atoms with Crippen molar-refractivity contribution >= 4 is 21.6 Å². The highest BCUT2D eigenvalue weighted by Crippen LogP contribution is 2.23. The number of amides is 1. The van der Waals surface area contributed by atoms with Gasteiger partial charge in [-0.15, -0.1) is 0 Å². The van der Waals surface area contributed by atoms with Crippen LogP contribution in [0.3, 0.4) is 0 Å². The number of carbonyl (C=O) groups is 1. The van der Waals surface area contributed by atoms with E-state index in [1.54, 1.807) is 19.1 Å². The molecule has 0 aliphatic rings. The van der Waals surface area contributed by atoms with E-state index in [0.29, 0.717) is 17.7 Å². The number of hydrogen-bond acceptors (Lipinski definition) is 4. The Morgan fingerprint density at radius 1 is 1.35 bits per heavy atom. The molecule has 0 unspecified atom stereocenters. The van der Waals surface area contributed by atoms with Gasteiger partial charge in [0.1, 0.15) is 0 Å². The third kappa shape index (κ3) is 3.49. The van der Waals surface area contributed by atoms with E-state index in [-0.39, 0.29) is 23.9 Å². The van der Waals surface area contributed by atoms with Crippen molar-refractivity contribution in [2.75, 3.05) is 25.9 Å². The van der Waals surface area contributed by atoms with Crippen LogP contribution in [0.2, 0.25) is 0 Å². The van der Waals surface area contributed by atoms with Gasteiger partial charge in [-0.25, -0.2) is 8.42 Å². The Morgan fingerprint density at radius 3 is 2.50 bits per heavy atom. The zero-order valence-corrected chi connectivity index (χ0v) is 12.8. The van der Waals surface area contributed by atoms with Crippen LogP contribution in [-0.2, 0) is 21.2 Å². The summed E-state index contributed by atoms with van der Waals surface area (Å²) in [4.78, 5) is 11.6. The van der Waals surface area contributed by atoms with Crippen LogP contribution >= 0.6 is 0 Å². The topological polar surface area (TPSA) is 92.5 Å². The molecule has 6 nitrogen and oxygen atoms in total. The molecule has 1 amide bonds. The normalized spacial score (nSPS) is 11.6. The van der Waals surface area contributed by atoms with Crippen molar-refractivity contribution in [2.45, 2.75) is 25.2 Å². The molecule has 0 aromatic heterocycles. The highest BCUT2D eigenvalue weighted by atomic mass is 32.2. The number of nitrogens with zero attached hydrogens (tertiary/aromatic N) is 1. The molecule has 1 rings (SSSR count). The van der Waals surface area contributed by atoms with Crippen molar-refractivity contribution in [3.05, 3.63) is 23.8 Å². The van der Waals surface area contributed by atoms with Crippen LogP contribution < -0.4 is 11.1 Å². The number of benzene rings is 1. The molecule has 112 valence electrons. The molecule has 1 aromatic rings. The van der Waals surface area contributed by atoms with E-state index >= 15 is 0 Å². The maximum atomic E-state index is 12.6. The van der Waals surface area contributed by atoms with E-state index in [4.69, 9.17) is 5.73 Å². The van der Waals surface area contributed by atoms with Gasteiger partial charge in [0, 0.05) is 19.3 Å². The van der Waals surface area contributed by atoms with Crippen LogP contribution in [-0.4, -0.2) is 38.8 Å². The summed E-state index contributed by atoms with van der Waals surface area (Å²) in [5.41, 5.74) is 6.76. The van der Waals surface area contributed by atoms with Crippen molar-refractivity contribution in [2.24, 2.45) is 0 Å². The second-order valence-electron chi connectivity index (χ2n) is 4.33. The minimum atomic E-state index is -3.73. The molecule has 0 heterocycles. The smallest absolute Gasteiger partial charge is 0.243 e. The Morgan fingerprint density at radius 2 is 2.00 bits per heavy atom. The third-order valence-electron chi connectivity index (χ3n) is 3.04. The van der Waals surface area contributed by atoms with Gasteiger partial charge in [0.25, 0.3) is 0 Å². The Kier molecular flexibility index (Phi) is 5.52. The number of anilines is 1. The summed E-state index contributed by atoms with van der Waals surface area (Å²) in [6.45, 7) is 3.58. The predicted molar refractivity (Wildman–Crippen MR) is 78.7 cm³/mol. The van der Waals surface area contributed by atoms with Gasteiger partial charge in [-0.05, 0) is 24.1 Å². The first-order valence-corrected chi connectivity index (χ1v) is 7.89. The number of carbonyl (C=O) groups excluding carboxylic acids is 1. The first-order chi connectivity index (χ1) is 9.36. The fourth-order valence-corrected chi connectivity index (χ4v) is 3.58. The zero-order valence-electron chi connectivity index (χ0n) is 12.0. The summed E-state index contributed by atoms with van der Waals surface area (Å²) < 4.78 is 26.4. The molecule has 0 bridgehead atoms. The van der Waals surface area contributed by atoms with Crippen LogP contribution in [0.25, 0.3) is 0 Å². The van der Waals surface area contributed by atoms with E-state index in [9.17, 15) is 13.2 Å². The molecule has 7 heteroatoms. The Bertz CT molecular complexity index is 585. The molecule has 0 aliphatic carbocycles. The third-order valence-corrected chi connectivity index (χ3v) is 5.04. The van der Waals surface area contributed by atoms with E-state index in [0.717, 1.165) is 4.31 Å². The minimum absolute atomic E-state index is 0.172. The lowest BCUT2D eigenvalue weighted by Gasteiger charge is -2.21. The zero-order chi connectivity index (χ0) is 15.3. The number of rotatable bonds is 6. The second-order valence-corrected chi connectivity index (χ2v) is 6.23. The maximum Gasteiger partial charge on any atom is 0.243 e. The Labute approximate surface area is 120 Å². The van der Waals surface area contributed by atoms with Crippen LogP contribution in [0.5, 0.6) is 0 Å². The summed E-state index contributed by atoms with van der Waals surface area (Å²) in [5.74, 6) is -0.350. The molecule has 0 saturated heterocycles. The Balaban J connectivity index is 3.26. The van der Waals surface area contributed by atoms with Gasteiger partial charge < -0.3 is 11.1 Å². The van der Waals surface area contributed by atoms with Crippen molar-refractivity contribution in [1.29, 1.82) is 0 Å². The van der Waals surface area contributed by atoms with Gasteiger partial charge in [0.2, 0.25) is 15.9 Å². The van der Waals surface area contributed by atoms with Crippen molar-refractivity contribution in [3.8, 4) is 0 Å². The molecule has 0 fully saturated rings. The summed E-state index contributed by atoms with van der Waals surface area (Å²) in [6.07, 6.45) is 0.576. The van der Waals surface area contributed by atoms with Gasteiger partial charge in [-0.2, -0.15) is 4.31 Å². The maximum absolute atomic E-state index is 12.6. The van der Waals surface area contributed by atoms with E-state index < -0.39 is 10.0 Å². The minimum Gasteiger partial charge on any atom is -0.399 e.